The van der Waals surface area contributed by atoms with E-state index in [2.05, 4.69) is 39.9 Å². The van der Waals surface area contributed by atoms with E-state index in [9.17, 15) is 0 Å². The molecule has 0 atom stereocenters. The first-order valence-corrected chi connectivity index (χ1v) is 6.36. The fourth-order valence-corrected chi connectivity index (χ4v) is 2.71. The monoisotopic (exact) mass is 209 g/mol. The second-order valence-corrected chi connectivity index (χ2v) is 5.86. The van der Waals surface area contributed by atoms with Crippen molar-refractivity contribution in [3.8, 4) is 0 Å². The van der Waals surface area contributed by atoms with Crippen molar-refractivity contribution in [1.29, 1.82) is 0 Å². The van der Waals surface area contributed by atoms with Crippen LogP contribution in [0.15, 0.2) is 11.1 Å². The lowest BCUT2D eigenvalue weighted by Gasteiger charge is -2.35. The molecule has 88 valence electrons. The number of hydrogen-bond donors (Lipinski definition) is 1. The Bertz CT molecular complexity index is 236. The van der Waals surface area contributed by atoms with Gasteiger partial charge in [0.1, 0.15) is 0 Å². The van der Waals surface area contributed by atoms with Crippen molar-refractivity contribution >= 4 is 0 Å². The van der Waals surface area contributed by atoms with Crippen molar-refractivity contribution in [2.75, 3.05) is 6.54 Å². The van der Waals surface area contributed by atoms with Crippen LogP contribution in [0.1, 0.15) is 60.3 Å². The first kappa shape index (κ1) is 12.8. The highest BCUT2D eigenvalue weighted by atomic mass is 14.9. The van der Waals surface area contributed by atoms with Crippen LogP contribution in [0.4, 0.5) is 0 Å². The van der Waals surface area contributed by atoms with Gasteiger partial charge in [-0.3, -0.25) is 0 Å². The fraction of sp³-hybridized carbons (Fsp3) is 0.857. The molecular formula is C14H27N. The second-order valence-electron chi connectivity index (χ2n) is 5.86. The van der Waals surface area contributed by atoms with E-state index >= 15 is 0 Å². The molecule has 0 aromatic rings. The molecule has 0 fully saturated rings. The number of nitrogens with one attached hydrogen (secondary N) is 1. The van der Waals surface area contributed by atoms with Gasteiger partial charge in [-0.25, -0.2) is 0 Å². The normalized spacial score (nSPS) is 21.2. The van der Waals surface area contributed by atoms with Gasteiger partial charge in [-0.1, -0.05) is 38.8 Å². The lowest BCUT2D eigenvalue weighted by molar-refractivity contribution is 0.351. The molecule has 0 heterocycles. The van der Waals surface area contributed by atoms with Crippen LogP contribution < -0.4 is 5.32 Å². The molecule has 1 N–H and O–H groups in total. The van der Waals surface area contributed by atoms with Gasteiger partial charge in [0.15, 0.2) is 0 Å². The Morgan fingerprint density at radius 3 is 2.53 bits per heavy atom. The topological polar surface area (TPSA) is 12.0 Å². The molecule has 0 bridgehead atoms. The third kappa shape index (κ3) is 3.64. The first-order valence-electron chi connectivity index (χ1n) is 6.36. The SMILES string of the molecule is CC1=C(CCNC(C)C)C(C)(C)CCC1. The highest BCUT2D eigenvalue weighted by Gasteiger charge is 2.27. The summed E-state index contributed by atoms with van der Waals surface area (Å²) in [5, 5.41) is 3.52. The van der Waals surface area contributed by atoms with Crippen LogP contribution in [0.25, 0.3) is 0 Å². The Morgan fingerprint density at radius 1 is 1.33 bits per heavy atom. The number of hydrogen-bond acceptors (Lipinski definition) is 1. The van der Waals surface area contributed by atoms with Crippen LogP contribution in [0, 0.1) is 5.41 Å². The summed E-state index contributed by atoms with van der Waals surface area (Å²) in [5.41, 5.74) is 3.81. The molecule has 15 heavy (non-hydrogen) atoms. The summed E-state index contributed by atoms with van der Waals surface area (Å²) >= 11 is 0. The Kier molecular flexibility index (Phi) is 4.39. The average Bonchev–Trinajstić information content (AvgIpc) is 2.09. The summed E-state index contributed by atoms with van der Waals surface area (Å²) in [4.78, 5) is 0. The van der Waals surface area contributed by atoms with Gasteiger partial charge in [-0.05, 0) is 44.6 Å². The van der Waals surface area contributed by atoms with Gasteiger partial charge in [0, 0.05) is 6.04 Å². The van der Waals surface area contributed by atoms with Crippen LogP contribution in [0.5, 0.6) is 0 Å². The standard InChI is InChI=1S/C14H27N/c1-11(2)15-10-8-13-12(3)7-6-9-14(13,4)5/h11,15H,6-10H2,1-5H3. The minimum Gasteiger partial charge on any atom is -0.314 e. The largest absolute Gasteiger partial charge is 0.314 e. The number of rotatable bonds is 4. The molecule has 0 radical (unpaired) electrons. The van der Waals surface area contributed by atoms with Gasteiger partial charge >= 0.3 is 0 Å². The fourth-order valence-electron chi connectivity index (χ4n) is 2.71. The molecule has 0 aromatic heterocycles. The Labute approximate surface area is 95.3 Å². The van der Waals surface area contributed by atoms with Crippen molar-refractivity contribution in [2.45, 2.75) is 66.3 Å². The average molecular weight is 209 g/mol. The Morgan fingerprint density at radius 2 is 2.00 bits per heavy atom. The van der Waals surface area contributed by atoms with E-state index in [-0.39, 0.29) is 0 Å². The smallest absolute Gasteiger partial charge is 0.00105 e. The lowest BCUT2D eigenvalue weighted by Crippen LogP contribution is -2.28. The predicted octanol–water partition coefficient (Wildman–Crippen LogP) is 3.90. The molecule has 1 heteroatoms. The quantitative estimate of drug-likeness (QED) is 0.692. The lowest BCUT2D eigenvalue weighted by atomic mass is 9.71. The molecule has 0 saturated carbocycles. The van der Waals surface area contributed by atoms with Gasteiger partial charge in [0.2, 0.25) is 0 Å². The minimum absolute atomic E-state index is 0.445. The maximum Gasteiger partial charge on any atom is 0.00105 e. The molecule has 0 aromatic carbocycles. The maximum absolute atomic E-state index is 3.52. The summed E-state index contributed by atoms with van der Waals surface area (Å²) in [5.74, 6) is 0. The van der Waals surface area contributed by atoms with Crippen LogP contribution >= 0.6 is 0 Å². The molecule has 0 spiro atoms. The van der Waals surface area contributed by atoms with E-state index in [1.54, 1.807) is 11.1 Å². The molecule has 0 aliphatic heterocycles. The predicted molar refractivity (Wildman–Crippen MR) is 68.1 cm³/mol. The number of allylic oxidation sites excluding steroid dienone is 1. The van der Waals surface area contributed by atoms with Crippen LogP contribution in [0.3, 0.4) is 0 Å². The minimum atomic E-state index is 0.445. The van der Waals surface area contributed by atoms with Gasteiger partial charge in [0.05, 0.1) is 0 Å². The summed E-state index contributed by atoms with van der Waals surface area (Å²) in [6.45, 7) is 12.7. The molecular weight excluding hydrogens is 182 g/mol. The Hall–Kier alpha value is -0.300. The summed E-state index contributed by atoms with van der Waals surface area (Å²) in [6, 6.07) is 0.609. The third-order valence-corrected chi connectivity index (χ3v) is 3.61. The molecule has 0 saturated heterocycles. The Balaban J connectivity index is 2.56. The third-order valence-electron chi connectivity index (χ3n) is 3.61. The summed E-state index contributed by atoms with van der Waals surface area (Å²) in [6.07, 6.45) is 5.29. The van der Waals surface area contributed by atoms with Gasteiger partial charge in [-0.2, -0.15) is 0 Å². The molecule has 0 unspecified atom stereocenters. The molecule has 1 rings (SSSR count). The van der Waals surface area contributed by atoms with E-state index in [0.717, 1.165) is 6.54 Å². The molecule has 0 amide bonds. The first-order chi connectivity index (χ1) is 6.93. The van der Waals surface area contributed by atoms with Crippen molar-refractivity contribution in [3.63, 3.8) is 0 Å². The zero-order chi connectivity index (χ0) is 11.5. The van der Waals surface area contributed by atoms with Crippen LogP contribution in [-0.2, 0) is 0 Å². The van der Waals surface area contributed by atoms with Gasteiger partial charge in [0.25, 0.3) is 0 Å². The van der Waals surface area contributed by atoms with E-state index in [1.807, 2.05) is 0 Å². The van der Waals surface area contributed by atoms with Gasteiger partial charge < -0.3 is 5.32 Å². The molecule has 1 nitrogen and oxygen atoms in total. The van der Waals surface area contributed by atoms with Crippen molar-refractivity contribution in [1.82, 2.24) is 5.32 Å². The van der Waals surface area contributed by atoms with Crippen LogP contribution in [-0.4, -0.2) is 12.6 Å². The summed E-state index contributed by atoms with van der Waals surface area (Å²) < 4.78 is 0. The zero-order valence-electron chi connectivity index (χ0n) is 11.1. The maximum atomic E-state index is 3.52. The highest BCUT2D eigenvalue weighted by Crippen LogP contribution is 2.41. The second kappa shape index (κ2) is 5.16. The summed E-state index contributed by atoms with van der Waals surface area (Å²) in [7, 11) is 0. The van der Waals surface area contributed by atoms with E-state index in [0.29, 0.717) is 11.5 Å². The van der Waals surface area contributed by atoms with E-state index < -0.39 is 0 Å². The highest BCUT2D eigenvalue weighted by molar-refractivity contribution is 5.22. The van der Waals surface area contributed by atoms with Crippen molar-refractivity contribution in [3.05, 3.63) is 11.1 Å². The van der Waals surface area contributed by atoms with Crippen molar-refractivity contribution < 1.29 is 0 Å². The van der Waals surface area contributed by atoms with E-state index in [1.165, 1.54) is 25.7 Å². The molecule has 1 aliphatic carbocycles. The molecule has 1 aliphatic rings. The van der Waals surface area contributed by atoms with E-state index in [4.69, 9.17) is 0 Å². The van der Waals surface area contributed by atoms with Gasteiger partial charge in [-0.15, -0.1) is 0 Å². The van der Waals surface area contributed by atoms with Crippen LogP contribution in [0.2, 0.25) is 0 Å². The zero-order valence-corrected chi connectivity index (χ0v) is 11.1. The van der Waals surface area contributed by atoms with Crippen molar-refractivity contribution in [2.24, 2.45) is 5.41 Å².